The Morgan fingerprint density at radius 3 is 0.760 bits per heavy atom. The van der Waals surface area contributed by atoms with Crippen LogP contribution in [-0.4, -0.2) is 150 Å². The molecule has 0 radical (unpaired) electrons. The van der Waals surface area contributed by atoms with Gasteiger partial charge in [-0.3, -0.25) is 14.7 Å². The minimum absolute atomic E-state index is 0.626. The summed E-state index contributed by atoms with van der Waals surface area (Å²) in [6.07, 6.45) is 13.5. The molecule has 0 atom stereocenters. The molecular formula is C88H168N8. The monoisotopic (exact) mass is 1340 g/mol. The predicted octanol–water partition coefficient (Wildman–Crippen LogP) is 23.6. The van der Waals surface area contributed by atoms with Gasteiger partial charge in [-0.2, -0.15) is 0 Å². The first kappa shape index (κ1) is 98.6. The number of piperidine rings is 1. The van der Waals surface area contributed by atoms with Crippen molar-refractivity contribution in [3.05, 3.63) is 130 Å². The van der Waals surface area contributed by atoms with Crippen LogP contribution in [0.5, 0.6) is 0 Å². The summed E-state index contributed by atoms with van der Waals surface area (Å²) in [6.45, 7) is 85.8. The van der Waals surface area contributed by atoms with Crippen molar-refractivity contribution in [2.45, 2.75) is 354 Å². The number of benzene rings is 4. The Balaban J connectivity index is -0.000000493. The maximum Gasteiger partial charge on any atom is 0.0401 e. The molecule has 8 nitrogen and oxygen atoms in total. The molecule has 4 aromatic carbocycles. The lowest BCUT2D eigenvalue weighted by Crippen LogP contribution is -2.41. The number of anilines is 2. The molecule has 0 saturated carbocycles. The minimum atomic E-state index is 0.626. The van der Waals surface area contributed by atoms with E-state index in [2.05, 4.69) is 247 Å². The molecule has 4 saturated heterocycles. The van der Waals surface area contributed by atoms with E-state index in [1.807, 2.05) is 111 Å². The molecular weight excluding hydrogens is 1170 g/mol. The van der Waals surface area contributed by atoms with E-state index >= 15 is 0 Å². The van der Waals surface area contributed by atoms with E-state index in [0.717, 1.165) is 43.8 Å². The van der Waals surface area contributed by atoms with E-state index in [0.29, 0.717) is 24.2 Å². The Labute approximate surface area is 603 Å². The van der Waals surface area contributed by atoms with Crippen molar-refractivity contribution in [2.24, 2.45) is 0 Å². The van der Waals surface area contributed by atoms with Crippen molar-refractivity contribution in [1.82, 2.24) is 29.4 Å². The van der Waals surface area contributed by atoms with Crippen LogP contribution >= 0.6 is 0 Å². The first-order valence-corrected chi connectivity index (χ1v) is 40.6. The third kappa shape index (κ3) is 41.1. The Hall–Kier alpha value is -3.76. The molecule has 0 aromatic heterocycles. The number of likely N-dealkylation sites (tertiary alicyclic amines) is 3. The molecule has 8 aliphatic heterocycles. The summed E-state index contributed by atoms with van der Waals surface area (Å²) < 4.78 is 0. The van der Waals surface area contributed by atoms with Gasteiger partial charge in [0.15, 0.2) is 0 Å². The zero-order valence-electron chi connectivity index (χ0n) is 70.4. The van der Waals surface area contributed by atoms with E-state index in [-0.39, 0.29) is 0 Å². The van der Waals surface area contributed by atoms with Crippen LogP contribution < -0.4 is 9.80 Å². The van der Waals surface area contributed by atoms with Crippen LogP contribution in [0, 0.1) is 0 Å². The number of aryl methyl sites for hydroxylation is 1. The van der Waals surface area contributed by atoms with E-state index in [4.69, 9.17) is 0 Å². The average molecular weight is 1340 g/mol. The van der Waals surface area contributed by atoms with Crippen LogP contribution in [0.2, 0.25) is 0 Å². The maximum absolute atomic E-state index is 2.56. The van der Waals surface area contributed by atoms with Crippen molar-refractivity contribution in [1.29, 1.82) is 0 Å². The molecule has 0 bridgehead atoms. The molecule has 560 valence electrons. The topological polar surface area (TPSA) is 25.7 Å². The lowest BCUT2D eigenvalue weighted by Gasteiger charge is -2.34. The van der Waals surface area contributed by atoms with Gasteiger partial charge in [-0.15, -0.1) is 0 Å². The Morgan fingerprint density at radius 2 is 0.458 bits per heavy atom. The minimum Gasteiger partial charge on any atom is -0.369 e. The van der Waals surface area contributed by atoms with Gasteiger partial charge in [-0.25, -0.2) is 0 Å². The molecule has 0 unspecified atom stereocenters. The highest BCUT2D eigenvalue weighted by molar-refractivity contribution is 5.58. The van der Waals surface area contributed by atoms with E-state index in [1.165, 1.54) is 175 Å². The summed E-state index contributed by atoms with van der Waals surface area (Å²) in [4.78, 5) is 20.0. The SMILES string of the molecule is CC.CC.CC.CC.CC.CC.CC.CC.CC(C)N1CC1.CC(C)N1CCC1.CC(C)N1CCCC1.CC(C)N1CCCCC1.CC(C)N1CCCc2ccccc21.CC(C)N1CCc2ccccc21.CC(C)N1CCc2ccccc2C1.CC(C)N1Cc2ccccc2C1. The highest BCUT2D eigenvalue weighted by atomic mass is 15.3. The molecule has 0 N–H and O–H groups in total. The standard InChI is InChI=1S/2C12H17N.2C11H15N.C8H17N.C7H15N.C6H13N.C5H11N.8C2H6/c1-10(2)13-9-5-7-11-6-3-4-8-12(11)13;1-10(2)13-8-7-11-5-3-4-6-12(11)9-13;1-9(2)12-7-10-5-3-4-6-11(10)8-12;1-9(2)12-8-7-10-5-3-4-6-11(10)12;1-8(2)9-6-4-3-5-7-9;1-7(2)8-5-3-4-6-8;1-6(2)7-4-3-5-7;1-5(2)6-3-4-6;8*1-2/h3-4,6,8,10H,5,7,9H2,1-2H3;3-6,10H,7-9H2,1-2H3;2*3-6,9H,7-8H2,1-2H3;8H,3-7H2,1-2H3;7H,3-6H2,1-2H3;6H,3-5H2,1-2H3;5H,3-4H2,1-2H3;8*1-2H3. The second-order valence-corrected chi connectivity index (χ2v) is 26.2. The van der Waals surface area contributed by atoms with Crippen LogP contribution in [0.4, 0.5) is 11.4 Å². The molecule has 0 aliphatic carbocycles. The van der Waals surface area contributed by atoms with Gasteiger partial charge in [0.05, 0.1) is 0 Å². The molecule has 12 rings (SSSR count). The fraction of sp³-hybridized carbons (Fsp3) is 0.727. The summed E-state index contributed by atoms with van der Waals surface area (Å²) in [5.74, 6) is 0. The van der Waals surface area contributed by atoms with Crippen LogP contribution in [0.25, 0.3) is 0 Å². The molecule has 4 aromatic rings. The molecule has 96 heavy (non-hydrogen) atoms. The summed E-state index contributed by atoms with van der Waals surface area (Å²) >= 11 is 0. The molecule has 4 fully saturated rings. The lowest BCUT2D eigenvalue weighted by atomic mass is 9.99. The van der Waals surface area contributed by atoms with E-state index in [1.54, 1.807) is 5.56 Å². The van der Waals surface area contributed by atoms with Gasteiger partial charge in [0.25, 0.3) is 0 Å². The molecule has 8 heteroatoms. The van der Waals surface area contributed by atoms with E-state index in [9.17, 15) is 0 Å². The first-order valence-electron chi connectivity index (χ1n) is 40.6. The molecule has 0 spiro atoms. The smallest absolute Gasteiger partial charge is 0.0401 e. The summed E-state index contributed by atoms with van der Waals surface area (Å²) in [5.41, 5.74) is 12.0. The largest absolute Gasteiger partial charge is 0.369 e. The number of nitrogens with zero attached hydrogens (tertiary/aromatic N) is 8. The summed E-state index contributed by atoms with van der Waals surface area (Å²) in [6, 6.07) is 40.7. The number of hydrogen-bond donors (Lipinski definition) is 0. The van der Waals surface area contributed by atoms with Crippen LogP contribution in [0.3, 0.4) is 0 Å². The number of rotatable bonds is 8. The van der Waals surface area contributed by atoms with Gasteiger partial charge in [0.2, 0.25) is 0 Å². The Kier molecular flexibility index (Phi) is 65.1. The van der Waals surface area contributed by atoms with Crippen molar-refractivity contribution in [3.8, 4) is 0 Å². The first-order chi connectivity index (χ1) is 46.3. The zero-order chi connectivity index (χ0) is 74.1. The second-order valence-electron chi connectivity index (χ2n) is 26.2. The molecule has 0 amide bonds. The highest BCUT2D eigenvalue weighted by Gasteiger charge is 2.23. The average Bonchev–Trinajstić information content (AvgIpc) is 1.49. The van der Waals surface area contributed by atoms with Crippen molar-refractivity contribution in [3.63, 3.8) is 0 Å². The van der Waals surface area contributed by atoms with Crippen LogP contribution in [0.1, 0.15) is 300 Å². The number of fused-ring (bicyclic) bond motifs is 4. The number of para-hydroxylation sites is 2. The van der Waals surface area contributed by atoms with Gasteiger partial charge in [-0.05, 0) is 253 Å². The second kappa shape index (κ2) is 63.4. The quantitative estimate of drug-likeness (QED) is 0.161. The third-order valence-corrected chi connectivity index (χ3v) is 17.6. The Morgan fingerprint density at radius 1 is 0.198 bits per heavy atom. The predicted molar refractivity (Wildman–Crippen MR) is 442 cm³/mol. The van der Waals surface area contributed by atoms with Gasteiger partial charge in [0, 0.05) is 112 Å². The molecule has 8 aliphatic rings. The summed E-state index contributed by atoms with van der Waals surface area (Å²) in [5, 5.41) is 0. The Bertz CT molecular complexity index is 2240. The van der Waals surface area contributed by atoms with Crippen LogP contribution in [0.15, 0.2) is 97.1 Å². The summed E-state index contributed by atoms with van der Waals surface area (Å²) in [7, 11) is 0. The van der Waals surface area contributed by atoms with Gasteiger partial charge in [0.1, 0.15) is 0 Å². The van der Waals surface area contributed by atoms with Crippen molar-refractivity contribution < 1.29 is 0 Å². The van der Waals surface area contributed by atoms with Crippen LogP contribution in [-0.2, 0) is 38.9 Å². The van der Waals surface area contributed by atoms with E-state index < -0.39 is 0 Å². The van der Waals surface area contributed by atoms with Crippen molar-refractivity contribution >= 4 is 11.4 Å². The maximum atomic E-state index is 2.56. The highest BCUT2D eigenvalue weighted by Crippen LogP contribution is 2.30. The van der Waals surface area contributed by atoms with Gasteiger partial charge < -0.3 is 24.5 Å². The van der Waals surface area contributed by atoms with Gasteiger partial charge in [-0.1, -0.05) is 202 Å². The van der Waals surface area contributed by atoms with Gasteiger partial charge >= 0.3 is 0 Å². The lowest BCUT2D eigenvalue weighted by molar-refractivity contribution is 0.138. The third-order valence-electron chi connectivity index (χ3n) is 17.6. The fourth-order valence-corrected chi connectivity index (χ4v) is 11.8. The normalized spacial score (nSPS) is 16.2. The number of hydrogen-bond acceptors (Lipinski definition) is 8. The fourth-order valence-electron chi connectivity index (χ4n) is 11.8. The molecule has 8 heterocycles. The van der Waals surface area contributed by atoms with Crippen molar-refractivity contribution in [2.75, 3.05) is 81.8 Å². The zero-order valence-corrected chi connectivity index (χ0v) is 70.4.